The molecule has 1 aromatic heterocycles. The Kier molecular flexibility index (Phi) is 5.58. The molecule has 3 nitrogen and oxygen atoms in total. The molecular formula is C22H32N2O. The molecule has 0 aliphatic heterocycles. The molecule has 0 saturated heterocycles. The van der Waals surface area contributed by atoms with Gasteiger partial charge in [-0.3, -0.25) is 9.88 Å². The maximum atomic E-state index is 10.9. The Bertz CT molecular complexity index is 709. The average molecular weight is 341 g/mol. The van der Waals surface area contributed by atoms with Crippen LogP contribution in [0.4, 0.5) is 0 Å². The van der Waals surface area contributed by atoms with Gasteiger partial charge in [0.1, 0.15) is 5.75 Å². The Labute approximate surface area is 152 Å². The quantitative estimate of drug-likeness (QED) is 0.849. The highest BCUT2D eigenvalue weighted by Gasteiger charge is 2.25. The van der Waals surface area contributed by atoms with E-state index < -0.39 is 0 Å². The predicted octanol–water partition coefficient (Wildman–Crippen LogP) is 5.01. The lowest BCUT2D eigenvalue weighted by molar-refractivity contribution is 0.307. The summed E-state index contributed by atoms with van der Waals surface area (Å²) < 4.78 is 0. The predicted molar refractivity (Wildman–Crippen MR) is 105 cm³/mol. The van der Waals surface area contributed by atoms with Gasteiger partial charge in [0.2, 0.25) is 0 Å². The highest BCUT2D eigenvalue weighted by atomic mass is 16.3. The molecule has 0 spiro atoms. The molecule has 0 aliphatic carbocycles. The molecule has 2 rings (SSSR count). The summed E-state index contributed by atoms with van der Waals surface area (Å²) in [5.74, 6) is 0.424. The number of hydrogen-bond acceptors (Lipinski definition) is 3. The average Bonchev–Trinajstić information content (AvgIpc) is 2.48. The lowest BCUT2D eigenvalue weighted by Crippen LogP contribution is -2.21. The van der Waals surface area contributed by atoms with Crippen LogP contribution in [-0.2, 0) is 23.9 Å². The summed E-state index contributed by atoms with van der Waals surface area (Å²) in [6.45, 7) is 14.5. The number of hydrogen-bond donors (Lipinski definition) is 1. The minimum atomic E-state index is -0.0976. The van der Waals surface area contributed by atoms with Crippen LogP contribution in [0.25, 0.3) is 0 Å². The highest BCUT2D eigenvalue weighted by molar-refractivity contribution is 5.48. The normalized spacial score (nSPS) is 12.6. The Hall–Kier alpha value is -1.87. The molecule has 2 aromatic rings. The first-order chi connectivity index (χ1) is 11.5. The molecule has 25 heavy (non-hydrogen) atoms. The number of benzene rings is 1. The van der Waals surface area contributed by atoms with Crippen molar-refractivity contribution < 1.29 is 5.11 Å². The fourth-order valence-corrected chi connectivity index (χ4v) is 2.93. The van der Waals surface area contributed by atoms with E-state index in [4.69, 9.17) is 0 Å². The standard InChI is InChI=1S/C22H32N2O/c1-21(2,3)17-12-16(20(25)19(13-17)22(4,5)6)14-24(7)15-18-10-8-9-11-23-18/h8-13,25H,14-15H2,1-7H3. The summed E-state index contributed by atoms with van der Waals surface area (Å²) in [5.41, 5.74) is 4.24. The summed E-state index contributed by atoms with van der Waals surface area (Å²) >= 11 is 0. The van der Waals surface area contributed by atoms with Gasteiger partial charge in [-0.2, -0.15) is 0 Å². The third-order valence-corrected chi connectivity index (χ3v) is 4.46. The fourth-order valence-electron chi connectivity index (χ4n) is 2.93. The molecule has 0 amide bonds. The maximum Gasteiger partial charge on any atom is 0.123 e. The van der Waals surface area contributed by atoms with E-state index in [1.54, 1.807) is 0 Å². The molecule has 0 radical (unpaired) electrons. The lowest BCUT2D eigenvalue weighted by Gasteiger charge is -2.28. The number of phenolic OH excluding ortho intramolecular Hbond substituents is 1. The first kappa shape index (κ1) is 19.5. The van der Waals surface area contributed by atoms with Gasteiger partial charge in [-0.15, -0.1) is 0 Å². The number of rotatable bonds is 4. The number of phenols is 1. The van der Waals surface area contributed by atoms with E-state index in [2.05, 4.69) is 70.6 Å². The van der Waals surface area contributed by atoms with Crippen molar-refractivity contribution in [1.82, 2.24) is 9.88 Å². The smallest absolute Gasteiger partial charge is 0.123 e. The van der Waals surface area contributed by atoms with E-state index >= 15 is 0 Å². The van der Waals surface area contributed by atoms with Crippen LogP contribution in [0.1, 0.15) is 63.9 Å². The van der Waals surface area contributed by atoms with Crippen molar-refractivity contribution in [1.29, 1.82) is 0 Å². The van der Waals surface area contributed by atoms with Gasteiger partial charge in [0, 0.05) is 24.8 Å². The van der Waals surface area contributed by atoms with Crippen molar-refractivity contribution >= 4 is 0 Å². The molecule has 0 saturated carbocycles. The van der Waals surface area contributed by atoms with Gasteiger partial charge < -0.3 is 5.11 Å². The molecule has 136 valence electrons. The second-order valence-corrected chi connectivity index (χ2v) is 9.02. The van der Waals surface area contributed by atoms with E-state index in [0.29, 0.717) is 12.3 Å². The van der Waals surface area contributed by atoms with Gasteiger partial charge >= 0.3 is 0 Å². The summed E-state index contributed by atoms with van der Waals surface area (Å²) in [5, 5.41) is 10.9. The Balaban J connectivity index is 2.35. The molecule has 3 heteroatoms. The van der Waals surface area contributed by atoms with Crippen molar-refractivity contribution in [3.8, 4) is 5.75 Å². The van der Waals surface area contributed by atoms with Gasteiger partial charge in [0.05, 0.1) is 5.69 Å². The van der Waals surface area contributed by atoms with Crippen LogP contribution < -0.4 is 0 Å². The Morgan fingerprint density at radius 2 is 1.64 bits per heavy atom. The molecule has 0 fully saturated rings. The summed E-state index contributed by atoms with van der Waals surface area (Å²) in [6, 6.07) is 10.3. The van der Waals surface area contributed by atoms with Crippen molar-refractivity contribution in [2.24, 2.45) is 0 Å². The molecule has 0 atom stereocenters. The summed E-state index contributed by atoms with van der Waals surface area (Å²) in [7, 11) is 2.06. The minimum Gasteiger partial charge on any atom is -0.507 e. The van der Waals surface area contributed by atoms with Crippen molar-refractivity contribution in [3.63, 3.8) is 0 Å². The Morgan fingerprint density at radius 3 is 2.16 bits per heavy atom. The van der Waals surface area contributed by atoms with Crippen LogP contribution in [-0.4, -0.2) is 22.0 Å². The molecule has 0 unspecified atom stereocenters. The fraction of sp³-hybridized carbons (Fsp3) is 0.500. The SMILES string of the molecule is CN(Cc1ccccn1)Cc1cc(C(C)(C)C)cc(C(C)(C)C)c1O. The third-order valence-electron chi connectivity index (χ3n) is 4.46. The third kappa shape index (κ3) is 5.05. The minimum absolute atomic E-state index is 0.0437. The van der Waals surface area contributed by atoms with Crippen LogP contribution in [0.15, 0.2) is 36.5 Å². The van der Waals surface area contributed by atoms with Crippen LogP contribution in [0, 0.1) is 0 Å². The second-order valence-electron chi connectivity index (χ2n) is 9.02. The maximum absolute atomic E-state index is 10.9. The Morgan fingerprint density at radius 1 is 0.960 bits per heavy atom. The van der Waals surface area contributed by atoms with Gasteiger partial charge in [-0.25, -0.2) is 0 Å². The number of nitrogens with zero attached hydrogens (tertiary/aromatic N) is 2. The van der Waals surface area contributed by atoms with Crippen LogP contribution in [0.5, 0.6) is 5.75 Å². The van der Waals surface area contributed by atoms with E-state index in [1.165, 1.54) is 5.56 Å². The van der Waals surface area contributed by atoms with Gasteiger partial charge in [0.15, 0.2) is 0 Å². The van der Waals surface area contributed by atoms with Gasteiger partial charge in [-0.05, 0) is 41.1 Å². The number of aromatic nitrogens is 1. The van der Waals surface area contributed by atoms with Gasteiger partial charge in [0.25, 0.3) is 0 Å². The first-order valence-corrected chi connectivity index (χ1v) is 8.94. The monoisotopic (exact) mass is 340 g/mol. The largest absolute Gasteiger partial charge is 0.507 e. The second kappa shape index (κ2) is 7.17. The van der Waals surface area contributed by atoms with Gasteiger partial charge in [-0.1, -0.05) is 59.7 Å². The first-order valence-electron chi connectivity index (χ1n) is 8.94. The van der Waals surface area contributed by atoms with Crippen molar-refractivity contribution in [2.45, 2.75) is 65.5 Å². The lowest BCUT2D eigenvalue weighted by atomic mass is 9.79. The van der Waals surface area contributed by atoms with Crippen LogP contribution >= 0.6 is 0 Å². The number of pyridine rings is 1. The van der Waals surface area contributed by atoms with Crippen LogP contribution in [0.3, 0.4) is 0 Å². The molecule has 1 heterocycles. The van der Waals surface area contributed by atoms with E-state index in [9.17, 15) is 5.11 Å². The van der Waals surface area contributed by atoms with Crippen molar-refractivity contribution in [2.75, 3.05) is 7.05 Å². The molecule has 1 aromatic carbocycles. The molecule has 0 aliphatic rings. The zero-order valence-corrected chi connectivity index (χ0v) is 16.7. The van der Waals surface area contributed by atoms with E-state index in [0.717, 1.165) is 23.4 Å². The van der Waals surface area contributed by atoms with E-state index in [-0.39, 0.29) is 10.8 Å². The topological polar surface area (TPSA) is 36.4 Å². The zero-order valence-electron chi connectivity index (χ0n) is 16.7. The van der Waals surface area contributed by atoms with E-state index in [1.807, 2.05) is 24.4 Å². The molecular weight excluding hydrogens is 308 g/mol. The summed E-state index contributed by atoms with van der Waals surface area (Å²) in [6.07, 6.45) is 1.82. The summed E-state index contributed by atoms with van der Waals surface area (Å²) in [4.78, 5) is 6.58. The molecule has 1 N–H and O–H groups in total. The zero-order chi connectivity index (χ0) is 18.8. The molecule has 0 bridgehead atoms. The highest BCUT2D eigenvalue weighted by Crippen LogP contribution is 2.38. The number of aromatic hydroxyl groups is 1. The van der Waals surface area contributed by atoms with Crippen molar-refractivity contribution in [3.05, 3.63) is 58.9 Å². The van der Waals surface area contributed by atoms with Crippen LogP contribution in [0.2, 0.25) is 0 Å².